The Morgan fingerprint density at radius 2 is 1.50 bits per heavy atom. The molecule has 0 aliphatic heterocycles. The zero-order chi connectivity index (χ0) is 20.9. The van der Waals surface area contributed by atoms with Crippen LogP contribution in [-0.2, 0) is 6.42 Å². The van der Waals surface area contributed by atoms with Gasteiger partial charge in [-0.15, -0.1) is 0 Å². The number of aryl methyl sites for hydroxylation is 1. The standard InChI is InChI=1S/C28H32N2/c1-3-20(2)24-13-9-14-26-25(12-7-8-19-29)27(30-28(24)26)23-17-15-22(16-18-23)21-10-5-4-6-11-21/h4-6,9-11,13-18,20,30H,3,7-8,12,19,29H2,1-2H3. The van der Waals surface area contributed by atoms with Crippen molar-refractivity contribution < 1.29 is 0 Å². The molecule has 2 nitrogen and oxygen atoms in total. The van der Waals surface area contributed by atoms with Crippen LogP contribution >= 0.6 is 0 Å². The molecule has 2 heteroatoms. The lowest BCUT2D eigenvalue weighted by Crippen LogP contribution is -1.99. The van der Waals surface area contributed by atoms with Gasteiger partial charge >= 0.3 is 0 Å². The van der Waals surface area contributed by atoms with E-state index in [9.17, 15) is 0 Å². The number of aromatic nitrogens is 1. The van der Waals surface area contributed by atoms with Gasteiger partial charge in [0, 0.05) is 16.6 Å². The molecule has 0 saturated carbocycles. The van der Waals surface area contributed by atoms with E-state index < -0.39 is 0 Å². The molecule has 1 unspecified atom stereocenters. The van der Waals surface area contributed by atoms with Crippen LogP contribution in [0.5, 0.6) is 0 Å². The predicted octanol–water partition coefficient (Wildman–Crippen LogP) is 7.30. The minimum absolute atomic E-state index is 0.539. The number of nitrogens with one attached hydrogen (secondary N) is 1. The molecular weight excluding hydrogens is 364 g/mol. The molecule has 0 radical (unpaired) electrons. The summed E-state index contributed by atoms with van der Waals surface area (Å²) in [5, 5.41) is 1.37. The Balaban J connectivity index is 1.79. The molecule has 4 aromatic rings. The van der Waals surface area contributed by atoms with Gasteiger partial charge in [-0.25, -0.2) is 0 Å². The van der Waals surface area contributed by atoms with E-state index in [2.05, 4.69) is 91.6 Å². The molecule has 4 rings (SSSR count). The summed E-state index contributed by atoms with van der Waals surface area (Å²) in [6.07, 6.45) is 4.37. The van der Waals surface area contributed by atoms with Crippen LogP contribution in [0.25, 0.3) is 33.3 Å². The maximum Gasteiger partial charge on any atom is 0.0497 e. The van der Waals surface area contributed by atoms with Crippen molar-refractivity contribution in [3.63, 3.8) is 0 Å². The van der Waals surface area contributed by atoms with E-state index in [1.165, 1.54) is 44.4 Å². The molecule has 30 heavy (non-hydrogen) atoms. The molecule has 0 fully saturated rings. The number of benzene rings is 3. The highest BCUT2D eigenvalue weighted by Gasteiger charge is 2.17. The molecular formula is C28H32N2. The molecule has 1 aromatic heterocycles. The number of para-hydroxylation sites is 1. The number of hydrogen-bond donors (Lipinski definition) is 2. The number of fused-ring (bicyclic) bond motifs is 1. The van der Waals surface area contributed by atoms with E-state index >= 15 is 0 Å². The van der Waals surface area contributed by atoms with Crippen molar-refractivity contribution in [3.8, 4) is 22.4 Å². The summed E-state index contributed by atoms with van der Waals surface area (Å²) in [4.78, 5) is 3.82. The van der Waals surface area contributed by atoms with Crippen molar-refractivity contribution in [1.29, 1.82) is 0 Å². The van der Waals surface area contributed by atoms with Gasteiger partial charge in [0.1, 0.15) is 0 Å². The van der Waals surface area contributed by atoms with Gasteiger partial charge in [-0.3, -0.25) is 0 Å². The third-order valence-corrected chi connectivity index (χ3v) is 6.28. The molecule has 0 spiro atoms. The highest BCUT2D eigenvalue weighted by molar-refractivity contribution is 5.93. The number of hydrogen-bond acceptors (Lipinski definition) is 1. The van der Waals surface area contributed by atoms with Gasteiger partial charge in [0.25, 0.3) is 0 Å². The number of rotatable bonds is 8. The Morgan fingerprint density at radius 3 is 2.20 bits per heavy atom. The highest BCUT2D eigenvalue weighted by atomic mass is 14.7. The van der Waals surface area contributed by atoms with Gasteiger partial charge in [-0.2, -0.15) is 0 Å². The summed E-state index contributed by atoms with van der Waals surface area (Å²) in [5.74, 6) is 0.539. The van der Waals surface area contributed by atoms with Crippen LogP contribution in [0.2, 0.25) is 0 Å². The summed E-state index contributed by atoms with van der Waals surface area (Å²) >= 11 is 0. The van der Waals surface area contributed by atoms with E-state index in [4.69, 9.17) is 5.73 Å². The van der Waals surface area contributed by atoms with Crippen molar-refractivity contribution in [2.45, 2.75) is 45.4 Å². The fourth-order valence-electron chi connectivity index (χ4n) is 4.34. The van der Waals surface area contributed by atoms with Gasteiger partial charge in [0.2, 0.25) is 0 Å². The molecule has 154 valence electrons. The van der Waals surface area contributed by atoms with Crippen LogP contribution in [0.3, 0.4) is 0 Å². The summed E-state index contributed by atoms with van der Waals surface area (Å²) in [6, 6.07) is 26.3. The number of H-pyrrole nitrogens is 1. The lowest BCUT2D eigenvalue weighted by atomic mass is 9.94. The van der Waals surface area contributed by atoms with Gasteiger partial charge < -0.3 is 10.7 Å². The highest BCUT2D eigenvalue weighted by Crippen LogP contribution is 2.36. The summed E-state index contributed by atoms with van der Waals surface area (Å²) in [5.41, 5.74) is 14.9. The largest absolute Gasteiger partial charge is 0.354 e. The van der Waals surface area contributed by atoms with Crippen LogP contribution in [0.1, 0.15) is 50.2 Å². The topological polar surface area (TPSA) is 41.8 Å². The third-order valence-electron chi connectivity index (χ3n) is 6.28. The van der Waals surface area contributed by atoms with Crippen molar-refractivity contribution in [2.75, 3.05) is 6.54 Å². The van der Waals surface area contributed by atoms with Crippen molar-refractivity contribution in [3.05, 3.63) is 83.9 Å². The lowest BCUT2D eigenvalue weighted by Gasteiger charge is -2.10. The van der Waals surface area contributed by atoms with Crippen molar-refractivity contribution in [1.82, 2.24) is 4.98 Å². The van der Waals surface area contributed by atoms with Gasteiger partial charge in [0.15, 0.2) is 0 Å². The summed E-state index contributed by atoms with van der Waals surface area (Å²) in [7, 11) is 0. The molecule has 3 aromatic carbocycles. The average molecular weight is 397 g/mol. The zero-order valence-corrected chi connectivity index (χ0v) is 18.1. The first-order valence-corrected chi connectivity index (χ1v) is 11.2. The Morgan fingerprint density at radius 1 is 0.800 bits per heavy atom. The van der Waals surface area contributed by atoms with E-state index in [1.54, 1.807) is 0 Å². The molecule has 0 saturated heterocycles. The van der Waals surface area contributed by atoms with E-state index in [0.29, 0.717) is 5.92 Å². The fraction of sp³-hybridized carbons (Fsp3) is 0.286. The quantitative estimate of drug-likeness (QED) is 0.301. The average Bonchev–Trinajstić information content (AvgIpc) is 3.18. The summed E-state index contributed by atoms with van der Waals surface area (Å²) < 4.78 is 0. The van der Waals surface area contributed by atoms with Crippen LogP contribution in [0, 0.1) is 0 Å². The van der Waals surface area contributed by atoms with Gasteiger partial charge in [-0.05, 0) is 66.0 Å². The molecule has 0 bridgehead atoms. The van der Waals surface area contributed by atoms with E-state index in [1.807, 2.05) is 0 Å². The van der Waals surface area contributed by atoms with Crippen molar-refractivity contribution >= 4 is 10.9 Å². The van der Waals surface area contributed by atoms with Crippen LogP contribution < -0.4 is 5.73 Å². The molecule has 1 heterocycles. The maximum atomic E-state index is 5.78. The molecule has 0 aliphatic rings. The van der Waals surface area contributed by atoms with Crippen LogP contribution in [0.15, 0.2) is 72.8 Å². The number of nitrogens with two attached hydrogens (primary N) is 1. The molecule has 0 aliphatic carbocycles. The van der Waals surface area contributed by atoms with Gasteiger partial charge in [0.05, 0.1) is 0 Å². The Labute approximate surface area is 180 Å². The predicted molar refractivity (Wildman–Crippen MR) is 130 cm³/mol. The number of unbranched alkanes of at least 4 members (excludes halogenated alkanes) is 1. The lowest BCUT2D eigenvalue weighted by molar-refractivity contribution is 0.738. The first kappa shape index (κ1) is 20.4. The maximum absolute atomic E-state index is 5.78. The Hall–Kier alpha value is -2.84. The SMILES string of the molecule is CCC(C)c1cccc2c(CCCCN)c(-c3ccc(-c4ccccc4)cc3)[nH]c12. The minimum atomic E-state index is 0.539. The molecule has 1 atom stereocenters. The summed E-state index contributed by atoms with van der Waals surface area (Å²) in [6.45, 7) is 5.33. The van der Waals surface area contributed by atoms with Crippen LogP contribution in [0.4, 0.5) is 0 Å². The smallest absolute Gasteiger partial charge is 0.0497 e. The Kier molecular flexibility index (Phi) is 6.35. The second-order valence-corrected chi connectivity index (χ2v) is 8.25. The monoisotopic (exact) mass is 396 g/mol. The van der Waals surface area contributed by atoms with E-state index in [-0.39, 0.29) is 0 Å². The number of aromatic amines is 1. The zero-order valence-electron chi connectivity index (χ0n) is 18.1. The molecule has 3 N–H and O–H groups in total. The third kappa shape index (κ3) is 4.06. The normalized spacial score (nSPS) is 12.4. The second kappa shape index (κ2) is 9.32. The molecule has 0 amide bonds. The second-order valence-electron chi connectivity index (χ2n) is 8.25. The van der Waals surface area contributed by atoms with Crippen LogP contribution in [-0.4, -0.2) is 11.5 Å². The Bertz CT molecular complexity index is 1090. The minimum Gasteiger partial charge on any atom is -0.354 e. The fourth-order valence-corrected chi connectivity index (χ4v) is 4.34. The van der Waals surface area contributed by atoms with E-state index in [0.717, 1.165) is 32.2 Å². The first-order valence-electron chi connectivity index (χ1n) is 11.2. The van der Waals surface area contributed by atoms with Gasteiger partial charge in [-0.1, -0.05) is 86.6 Å². The van der Waals surface area contributed by atoms with Crippen molar-refractivity contribution in [2.24, 2.45) is 5.73 Å². The first-order chi connectivity index (χ1) is 14.7.